The topological polar surface area (TPSA) is 89.4 Å². The average molecular weight is 395 g/mol. The number of ether oxygens (including phenoxy) is 1. The van der Waals surface area contributed by atoms with Crippen molar-refractivity contribution in [3.8, 4) is 5.75 Å². The van der Waals surface area contributed by atoms with E-state index < -0.39 is 0 Å². The molecule has 0 aliphatic rings. The smallest absolute Gasteiger partial charge is 0.273 e. The first-order valence-electron chi connectivity index (χ1n) is 9.41. The van der Waals surface area contributed by atoms with E-state index in [4.69, 9.17) is 4.74 Å². The number of fused-ring (bicyclic) bond motifs is 1. The molecule has 0 fully saturated rings. The van der Waals surface area contributed by atoms with Gasteiger partial charge >= 0.3 is 0 Å². The lowest BCUT2D eigenvalue weighted by Crippen LogP contribution is -2.26. The lowest BCUT2D eigenvalue weighted by atomic mass is 10.0. The Bertz CT molecular complexity index is 1030. The van der Waals surface area contributed by atoms with Crippen molar-refractivity contribution in [1.29, 1.82) is 0 Å². The number of likely N-dealkylation sites (N-methyl/N-ethyl adjacent to an activating group) is 1. The predicted molar refractivity (Wildman–Crippen MR) is 110 cm³/mol. The molecule has 0 saturated carbocycles. The summed E-state index contributed by atoms with van der Waals surface area (Å²) in [5.74, 6) is 0.240. The minimum absolute atomic E-state index is 0.0137. The Labute approximate surface area is 169 Å². The third kappa shape index (κ3) is 4.90. The van der Waals surface area contributed by atoms with Gasteiger partial charge in [-0.15, -0.1) is 5.10 Å². The van der Waals surface area contributed by atoms with Crippen LogP contribution in [0, 0.1) is 0 Å². The molecule has 1 heterocycles. The van der Waals surface area contributed by atoms with Gasteiger partial charge in [0, 0.05) is 26.2 Å². The van der Waals surface area contributed by atoms with Gasteiger partial charge in [-0.3, -0.25) is 9.59 Å². The molecule has 0 spiro atoms. The van der Waals surface area contributed by atoms with Crippen molar-refractivity contribution < 1.29 is 14.3 Å². The van der Waals surface area contributed by atoms with Crippen molar-refractivity contribution in [2.45, 2.75) is 33.0 Å². The zero-order chi connectivity index (χ0) is 21.0. The number of amides is 2. The van der Waals surface area contributed by atoms with Gasteiger partial charge in [-0.2, -0.15) is 0 Å². The fourth-order valence-electron chi connectivity index (χ4n) is 2.88. The molecule has 29 heavy (non-hydrogen) atoms. The Balaban J connectivity index is 1.77. The molecule has 152 valence electrons. The van der Waals surface area contributed by atoms with Gasteiger partial charge < -0.3 is 15.0 Å². The van der Waals surface area contributed by atoms with Crippen molar-refractivity contribution >= 4 is 22.6 Å². The van der Waals surface area contributed by atoms with Gasteiger partial charge in [0.25, 0.3) is 5.91 Å². The Morgan fingerprint density at radius 2 is 1.93 bits per heavy atom. The lowest BCUT2D eigenvalue weighted by molar-refractivity contribution is -0.129. The molecule has 0 saturated heterocycles. The third-order valence-electron chi connectivity index (χ3n) is 4.35. The van der Waals surface area contributed by atoms with E-state index in [0.717, 1.165) is 22.1 Å². The monoisotopic (exact) mass is 395 g/mol. The quantitative estimate of drug-likeness (QED) is 0.663. The van der Waals surface area contributed by atoms with E-state index in [1.807, 2.05) is 50.2 Å². The van der Waals surface area contributed by atoms with E-state index in [1.165, 1.54) is 15.8 Å². The third-order valence-corrected chi connectivity index (χ3v) is 4.35. The second-order valence-corrected chi connectivity index (χ2v) is 7.20. The van der Waals surface area contributed by atoms with E-state index in [9.17, 15) is 9.59 Å². The fraction of sp³-hybridized carbons (Fsp3) is 0.333. The van der Waals surface area contributed by atoms with Gasteiger partial charge in [0.05, 0.1) is 12.3 Å². The molecule has 8 nitrogen and oxygen atoms in total. The number of aromatic nitrogens is 3. The normalized spacial score (nSPS) is 10.9. The van der Waals surface area contributed by atoms with Crippen LogP contribution in [0.15, 0.2) is 42.6 Å². The molecule has 2 aromatic carbocycles. The van der Waals surface area contributed by atoms with Gasteiger partial charge in [-0.05, 0) is 30.7 Å². The van der Waals surface area contributed by atoms with E-state index in [0.29, 0.717) is 0 Å². The SMILES string of the molecule is CC(C)Oc1ccc2ccccc2c1CNC(=O)c1cn(CC(=O)N(C)C)nn1. The molecule has 3 rings (SSSR count). The molecule has 0 radical (unpaired) electrons. The highest BCUT2D eigenvalue weighted by Crippen LogP contribution is 2.28. The summed E-state index contributed by atoms with van der Waals surface area (Å²) in [6.45, 7) is 4.24. The molecule has 0 aliphatic heterocycles. The summed E-state index contributed by atoms with van der Waals surface area (Å²) in [5.41, 5.74) is 1.06. The van der Waals surface area contributed by atoms with Crippen molar-refractivity contribution in [2.24, 2.45) is 0 Å². The van der Waals surface area contributed by atoms with Gasteiger partial charge in [0.15, 0.2) is 5.69 Å². The van der Waals surface area contributed by atoms with E-state index in [2.05, 4.69) is 15.6 Å². The van der Waals surface area contributed by atoms with Crippen LogP contribution < -0.4 is 10.1 Å². The summed E-state index contributed by atoms with van der Waals surface area (Å²) < 4.78 is 7.29. The molecule has 1 N–H and O–H groups in total. The van der Waals surface area contributed by atoms with E-state index >= 15 is 0 Å². The molecule has 2 amide bonds. The minimum atomic E-state index is -0.364. The van der Waals surface area contributed by atoms with Gasteiger partial charge in [0.1, 0.15) is 12.3 Å². The van der Waals surface area contributed by atoms with Crippen molar-refractivity contribution in [2.75, 3.05) is 14.1 Å². The largest absolute Gasteiger partial charge is 0.491 e. The van der Waals surface area contributed by atoms with Crippen LogP contribution >= 0.6 is 0 Å². The van der Waals surface area contributed by atoms with Crippen LogP contribution in [0.5, 0.6) is 5.75 Å². The molecule has 0 aliphatic carbocycles. The van der Waals surface area contributed by atoms with Crippen molar-refractivity contribution in [1.82, 2.24) is 25.2 Å². The van der Waals surface area contributed by atoms with Crippen LogP contribution in [-0.2, 0) is 17.9 Å². The van der Waals surface area contributed by atoms with Gasteiger partial charge in [-0.25, -0.2) is 4.68 Å². The molecular weight excluding hydrogens is 370 g/mol. The zero-order valence-electron chi connectivity index (χ0n) is 17.0. The summed E-state index contributed by atoms with van der Waals surface area (Å²) in [6.07, 6.45) is 1.48. The van der Waals surface area contributed by atoms with Crippen LogP contribution in [0.1, 0.15) is 29.9 Å². The number of rotatable bonds is 7. The molecule has 0 unspecified atom stereocenters. The molecule has 1 aromatic heterocycles. The summed E-state index contributed by atoms with van der Waals surface area (Å²) >= 11 is 0. The predicted octanol–water partition coefficient (Wildman–Crippen LogP) is 2.24. The van der Waals surface area contributed by atoms with Crippen LogP contribution in [0.4, 0.5) is 0 Å². The molecule has 3 aromatic rings. The zero-order valence-corrected chi connectivity index (χ0v) is 17.0. The Hall–Kier alpha value is -3.42. The van der Waals surface area contributed by atoms with Crippen molar-refractivity contribution in [3.63, 3.8) is 0 Å². The lowest BCUT2D eigenvalue weighted by Gasteiger charge is -2.17. The first-order valence-corrected chi connectivity index (χ1v) is 9.41. The summed E-state index contributed by atoms with van der Waals surface area (Å²) in [5, 5.41) is 12.7. The Morgan fingerprint density at radius 3 is 2.66 bits per heavy atom. The van der Waals surface area contributed by atoms with Crippen LogP contribution in [0.25, 0.3) is 10.8 Å². The summed E-state index contributed by atoms with van der Waals surface area (Å²) in [4.78, 5) is 25.8. The average Bonchev–Trinajstić information content (AvgIpc) is 3.15. The molecule has 8 heteroatoms. The van der Waals surface area contributed by atoms with Gasteiger partial charge in [-0.1, -0.05) is 35.5 Å². The number of carbonyl (C=O) groups is 2. The highest BCUT2D eigenvalue weighted by molar-refractivity contribution is 5.93. The number of nitrogens with zero attached hydrogens (tertiary/aromatic N) is 4. The summed E-state index contributed by atoms with van der Waals surface area (Å²) in [6, 6.07) is 11.9. The number of hydrogen-bond acceptors (Lipinski definition) is 5. The van der Waals surface area contributed by atoms with E-state index in [1.54, 1.807) is 14.1 Å². The maximum absolute atomic E-state index is 12.6. The number of nitrogens with one attached hydrogen (secondary N) is 1. The highest BCUT2D eigenvalue weighted by atomic mass is 16.5. The Kier molecular flexibility index (Phi) is 6.11. The second-order valence-electron chi connectivity index (χ2n) is 7.20. The van der Waals surface area contributed by atoms with Gasteiger partial charge in [0.2, 0.25) is 5.91 Å². The van der Waals surface area contributed by atoms with Crippen LogP contribution in [0.3, 0.4) is 0 Å². The summed E-state index contributed by atoms with van der Waals surface area (Å²) in [7, 11) is 3.32. The number of hydrogen-bond donors (Lipinski definition) is 1. The minimum Gasteiger partial charge on any atom is -0.491 e. The number of benzene rings is 2. The maximum atomic E-state index is 12.6. The van der Waals surface area contributed by atoms with Crippen LogP contribution in [0.2, 0.25) is 0 Å². The standard InChI is InChI=1S/C21H25N5O3/c1-14(2)29-19-10-9-15-7-5-6-8-16(15)17(19)11-22-21(28)18-12-26(24-23-18)13-20(27)25(3)4/h5-10,12,14H,11,13H2,1-4H3,(H,22,28). The number of carbonyl (C=O) groups excluding carboxylic acids is 2. The Morgan fingerprint density at radius 1 is 1.17 bits per heavy atom. The first-order chi connectivity index (χ1) is 13.8. The molecular formula is C21H25N5O3. The second kappa shape index (κ2) is 8.72. The molecule has 0 bridgehead atoms. The van der Waals surface area contributed by atoms with E-state index in [-0.39, 0.29) is 36.7 Å². The maximum Gasteiger partial charge on any atom is 0.273 e. The highest BCUT2D eigenvalue weighted by Gasteiger charge is 2.15. The molecule has 0 atom stereocenters. The first kappa shape index (κ1) is 20.3. The van der Waals surface area contributed by atoms with Crippen LogP contribution in [-0.4, -0.2) is 51.9 Å². The fourth-order valence-corrected chi connectivity index (χ4v) is 2.88. The van der Waals surface area contributed by atoms with Crippen molar-refractivity contribution in [3.05, 3.63) is 53.9 Å².